The number of halogens is 1. The van der Waals surface area contributed by atoms with Gasteiger partial charge in [0.15, 0.2) is 0 Å². The first-order valence-electron chi connectivity index (χ1n) is 15.8. The van der Waals surface area contributed by atoms with Gasteiger partial charge in [0.05, 0.1) is 5.92 Å². The molecule has 0 N–H and O–H groups in total. The molecule has 0 saturated carbocycles. The van der Waals surface area contributed by atoms with Crippen molar-refractivity contribution < 1.29 is 42.5 Å². The summed E-state index contributed by atoms with van der Waals surface area (Å²) in [5, 5.41) is 0. The Balaban J connectivity index is 1.58. The van der Waals surface area contributed by atoms with E-state index in [-0.39, 0.29) is 45.3 Å². The molecule has 0 aromatic heterocycles. The maximum atomic E-state index is 15.5. The van der Waals surface area contributed by atoms with Crippen LogP contribution in [0.1, 0.15) is 45.7 Å². The van der Waals surface area contributed by atoms with E-state index in [1.165, 1.54) is 51.1 Å². The van der Waals surface area contributed by atoms with Crippen LogP contribution < -0.4 is 18.9 Å². The molecule has 0 atom stereocenters. The number of carbonyl (C=O) groups is 4. The van der Waals surface area contributed by atoms with E-state index in [2.05, 4.69) is 19.7 Å². The molecule has 0 aliphatic heterocycles. The lowest BCUT2D eigenvalue weighted by Gasteiger charge is -2.13. The summed E-state index contributed by atoms with van der Waals surface area (Å²) in [5.41, 5.74) is 3.90. The van der Waals surface area contributed by atoms with Crippen LogP contribution in [0.2, 0.25) is 0 Å². The minimum absolute atomic E-state index is 0.0718. The molecule has 0 bridgehead atoms. The second kappa shape index (κ2) is 16.4. The predicted octanol–water partition coefficient (Wildman–Crippen LogP) is 9.34. The van der Waals surface area contributed by atoms with Crippen LogP contribution in [0.15, 0.2) is 115 Å². The van der Waals surface area contributed by atoms with E-state index < -0.39 is 35.6 Å². The first-order chi connectivity index (χ1) is 24.1. The molecule has 0 fully saturated rings. The Bertz CT molecular complexity index is 2040. The minimum Gasteiger partial charge on any atom is -0.426 e. The van der Waals surface area contributed by atoms with Gasteiger partial charge in [-0.1, -0.05) is 82.1 Å². The topological polar surface area (TPSA) is 105 Å². The molecule has 0 aliphatic carbocycles. The van der Waals surface area contributed by atoms with Crippen molar-refractivity contribution in [1.29, 1.82) is 0 Å². The highest BCUT2D eigenvalue weighted by Crippen LogP contribution is 2.34. The lowest BCUT2D eigenvalue weighted by Crippen LogP contribution is -2.15. The van der Waals surface area contributed by atoms with Crippen LogP contribution in [0.3, 0.4) is 0 Å². The molecule has 4 rings (SSSR count). The fourth-order valence-corrected chi connectivity index (χ4v) is 4.37. The van der Waals surface area contributed by atoms with Crippen molar-refractivity contribution in [1.82, 2.24) is 0 Å². The van der Waals surface area contributed by atoms with Crippen LogP contribution in [0.5, 0.6) is 23.0 Å². The Morgan fingerprint density at radius 3 is 1.39 bits per heavy atom. The second-order valence-corrected chi connectivity index (χ2v) is 12.2. The van der Waals surface area contributed by atoms with Gasteiger partial charge in [0, 0.05) is 34.4 Å². The fraction of sp³-hybridized carbons (Fsp3) is 0.143. The number of carbonyl (C=O) groups excluding carboxylic acids is 4. The molecular formula is C42H37FO8. The summed E-state index contributed by atoms with van der Waals surface area (Å²) < 4.78 is 37.1. The van der Waals surface area contributed by atoms with Crippen molar-refractivity contribution in [2.75, 3.05) is 0 Å². The SMILES string of the molecule is C=C(C)C(=O)Oc1cc(OC(=O)C(=C)C)cc(-c2ccc(/C=C/c3ccc(-c4cc(OC(=O)C(=C)C)cc(OC(=O)C(C)C)c4)c(F)c3)cc2)c1. The third kappa shape index (κ3) is 10.3. The van der Waals surface area contributed by atoms with Gasteiger partial charge in [0.25, 0.3) is 0 Å². The van der Waals surface area contributed by atoms with Crippen LogP contribution in [0, 0.1) is 11.7 Å². The zero-order valence-corrected chi connectivity index (χ0v) is 29.0. The smallest absolute Gasteiger partial charge is 0.338 e. The second-order valence-electron chi connectivity index (χ2n) is 12.2. The average molecular weight is 689 g/mol. The summed E-state index contributed by atoms with van der Waals surface area (Å²) in [6.07, 6.45) is 3.56. The highest BCUT2D eigenvalue weighted by molar-refractivity contribution is 5.91. The van der Waals surface area contributed by atoms with Gasteiger partial charge in [-0.25, -0.2) is 18.8 Å². The summed E-state index contributed by atoms with van der Waals surface area (Å²) >= 11 is 0. The number of benzene rings is 4. The highest BCUT2D eigenvalue weighted by atomic mass is 19.1. The van der Waals surface area contributed by atoms with E-state index in [0.29, 0.717) is 16.7 Å². The zero-order chi connectivity index (χ0) is 37.4. The van der Waals surface area contributed by atoms with Gasteiger partial charge in [0.1, 0.15) is 28.8 Å². The average Bonchev–Trinajstić information content (AvgIpc) is 3.07. The first kappa shape index (κ1) is 37.5. The number of hydrogen-bond acceptors (Lipinski definition) is 8. The van der Waals surface area contributed by atoms with Crippen molar-refractivity contribution >= 4 is 36.0 Å². The molecule has 0 radical (unpaired) electrons. The lowest BCUT2D eigenvalue weighted by atomic mass is 10.0. The summed E-state index contributed by atoms with van der Waals surface area (Å²) in [7, 11) is 0. The third-order valence-electron chi connectivity index (χ3n) is 7.14. The summed E-state index contributed by atoms with van der Waals surface area (Å²) in [4.78, 5) is 48.8. The Hall–Kier alpha value is -6.35. The molecule has 260 valence electrons. The molecule has 8 nitrogen and oxygen atoms in total. The maximum Gasteiger partial charge on any atom is 0.338 e. The molecule has 4 aromatic carbocycles. The van der Waals surface area contributed by atoms with Gasteiger partial charge in [0.2, 0.25) is 0 Å². The Kier molecular flexibility index (Phi) is 12.0. The van der Waals surface area contributed by atoms with Crippen LogP contribution in [-0.2, 0) is 19.2 Å². The van der Waals surface area contributed by atoms with Crippen molar-refractivity contribution in [3.8, 4) is 45.3 Å². The Morgan fingerprint density at radius 2 is 0.961 bits per heavy atom. The molecule has 0 aliphatic rings. The largest absolute Gasteiger partial charge is 0.426 e. The number of rotatable bonds is 12. The lowest BCUT2D eigenvalue weighted by molar-refractivity contribution is -0.137. The van der Waals surface area contributed by atoms with Crippen LogP contribution >= 0.6 is 0 Å². The molecule has 0 heterocycles. The maximum absolute atomic E-state index is 15.5. The van der Waals surface area contributed by atoms with Crippen LogP contribution in [-0.4, -0.2) is 23.9 Å². The molecule has 0 spiro atoms. The molecule has 4 aromatic rings. The van der Waals surface area contributed by atoms with E-state index in [1.807, 2.05) is 30.3 Å². The fourth-order valence-electron chi connectivity index (χ4n) is 4.37. The van der Waals surface area contributed by atoms with Crippen LogP contribution in [0.4, 0.5) is 4.39 Å². The molecule has 0 unspecified atom stereocenters. The predicted molar refractivity (Wildman–Crippen MR) is 194 cm³/mol. The van der Waals surface area contributed by atoms with E-state index in [1.54, 1.807) is 44.2 Å². The zero-order valence-electron chi connectivity index (χ0n) is 29.0. The van der Waals surface area contributed by atoms with Gasteiger partial charge in [-0.2, -0.15) is 0 Å². The van der Waals surface area contributed by atoms with Gasteiger partial charge < -0.3 is 18.9 Å². The van der Waals surface area contributed by atoms with E-state index in [4.69, 9.17) is 18.9 Å². The molecular weight excluding hydrogens is 651 g/mol. The Labute approximate surface area is 296 Å². The third-order valence-corrected chi connectivity index (χ3v) is 7.14. The summed E-state index contributed by atoms with van der Waals surface area (Å²) in [6, 6.07) is 21.1. The molecule has 0 amide bonds. The van der Waals surface area contributed by atoms with Crippen molar-refractivity contribution in [2.24, 2.45) is 5.92 Å². The quantitative estimate of drug-likeness (QED) is 0.0628. The first-order valence-corrected chi connectivity index (χ1v) is 15.8. The standard InChI is InChI=1S/C42H37FO8/c1-24(2)39(44)48-33-18-31(19-34(22-33)49-40(45)25(3)4)30-14-11-28(12-15-30)9-10-29-13-16-37(38(43)17-29)32-20-35(50-41(46)26(5)6)23-36(21-32)51-42(47)27(7)8/h9-23,27H,1,3,5H2,2,4,6-8H3/b10-9+. The number of ether oxygens (including phenoxy) is 4. The molecule has 0 saturated heterocycles. The summed E-state index contributed by atoms with van der Waals surface area (Å²) in [6.45, 7) is 18.7. The van der Waals surface area contributed by atoms with Gasteiger partial charge in [-0.05, 0) is 78.9 Å². The molecule has 51 heavy (non-hydrogen) atoms. The monoisotopic (exact) mass is 688 g/mol. The Morgan fingerprint density at radius 1 is 0.549 bits per heavy atom. The summed E-state index contributed by atoms with van der Waals surface area (Å²) in [5.74, 6) is -2.85. The van der Waals surface area contributed by atoms with Gasteiger partial charge in [-0.3, -0.25) is 4.79 Å². The van der Waals surface area contributed by atoms with Crippen molar-refractivity contribution in [2.45, 2.75) is 34.6 Å². The van der Waals surface area contributed by atoms with E-state index >= 15 is 4.39 Å². The van der Waals surface area contributed by atoms with E-state index in [0.717, 1.165) is 11.1 Å². The van der Waals surface area contributed by atoms with Crippen LogP contribution in [0.25, 0.3) is 34.4 Å². The number of esters is 4. The van der Waals surface area contributed by atoms with Gasteiger partial charge >= 0.3 is 23.9 Å². The van der Waals surface area contributed by atoms with Crippen molar-refractivity contribution in [3.05, 3.63) is 132 Å². The van der Waals surface area contributed by atoms with Gasteiger partial charge in [-0.15, -0.1) is 0 Å². The van der Waals surface area contributed by atoms with Crippen molar-refractivity contribution in [3.63, 3.8) is 0 Å². The van der Waals surface area contributed by atoms with E-state index in [9.17, 15) is 19.2 Å². The normalized spacial score (nSPS) is 10.8. The highest BCUT2D eigenvalue weighted by Gasteiger charge is 2.17. The molecule has 9 heteroatoms. The minimum atomic E-state index is -0.672. The number of hydrogen-bond donors (Lipinski definition) is 0.